The number of rotatable bonds is 11. The van der Waals surface area contributed by atoms with Crippen LogP contribution in [-0.2, 0) is 34.2 Å². The zero-order valence-corrected chi connectivity index (χ0v) is 29.9. The summed E-state index contributed by atoms with van der Waals surface area (Å²) in [6.45, 7) is 9.62. The fourth-order valence-electron chi connectivity index (χ4n) is 6.43. The summed E-state index contributed by atoms with van der Waals surface area (Å²) in [5.74, 6) is -1.84. The van der Waals surface area contributed by atoms with E-state index in [4.69, 9.17) is 28.4 Å². The predicted molar refractivity (Wildman–Crippen MR) is 185 cm³/mol. The average Bonchev–Trinajstić information content (AvgIpc) is 3.62. The van der Waals surface area contributed by atoms with Crippen molar-refractivity contribution in [1.29, 1.82) is 0 Å². The topological polar surface area (TPSA) is 165 Å². The molecular weight excluding hydrogens is 672 g/mol. The number of fused-ring (bicyclic) bond motifs is 6. The van der Waals surface area contributed by atoms with Crippen LogP contribution in [0, 0.1) is 17.8 Å². The molecule has 0 saturated carbocycles. The highest BCUT2D eigenvalue weighted by molar-refractivity contribution is 6.01. The van der Waals surface area contributed by atoms with Gasteiger partial charge in [-0.25, -0.2) is 4.79 Å². The van der Waals surface area contributed by atoms with Crippen molar-refractivity contribution in [3.8, 4) is 23.0 Å². The highest BCUT2D eigenvalue weighted by atomic mass is 16.6. The minimum absolute atomic E-state index is 0.144. The summed E-state index contributed by atoms with van der Waals surface area (Å²) in [5, 5.41) is 5.58. The number of carbonyl (C=O) groups is 5. The number of carbonyl (C=O) groups excluding carboxylic acids is 5. The third-order valence-electron chi connectivity index (χ3n) is 9.28. The van der Waals surface area contributed by atoms with Gasteiger partial charge in [-0.2, -0.15) is 0 Å². The molecule has 3 atom stereocenters. The van der Waals surface area contributed by atoms with Crippen LogP contribution >= 0.6 is 0 Å². The highest BCUT2D eigenvalue weighted by Gasteiger charge is 2.54. The predicted octanol–water partition coefficient (Wildman–Crippen LogP) is 4.66. The number of esters is 3. The summed E-state index contributed by atoms with van der Waals surface area (Å²) in [6.07, 6.45) is -0.142. The standard InChI is InChI=1S/C39H42N2O11/c1-20(2)36(44)48-24-8-11-28-30(17-24)50-31-18-25(49-37(45)21(3)4)9-12-29(31)39(28)27-10-7-23(16-26(27)38(46)52-39)34(42)40-13-14-41-35(43)32-15-22(5)33(51-32)19-47-6/h7-12,16-18,20-22,32-33H,13-15,19H2,1-6H3,(H,40,42)(H,41,43)/t22-,32-,33?/m1/s1. The van der Waals surface area contributed by atoms with Crippen LogP contribution in [0.25, 0.3) is 0 Å². The Bertz CT molecular complexity index is 1850. The fraction of sp³-hybridized carbons (Fsp3) is 0.410. The quantitative estimate of drug-likeness (QED) is 0.161. The van der Waals surface area contributed by atoms with Gasteiger partial charge in [-0.15, -0.1) is 0 Å². The summed E-state index contributed by atoms with van der Waals surface area (Å²) >= 11 is 0. The first-order valence-corrected chi connectivity index (χ1v) is 17.3. The van der Waals surface area contributed by atoms with Crippen molar-refractivity contribution in [3.63, 3.8) is 0 Å². The number of hydrogen-bond acceptors (Lipinski definition) is 11. The second-order valence-electron chi connectivity index (χ2n) is 13.8. The summed E-state index contributed by atoms with van der Waals surface area (Å²) < 4.78 is 34.6. The van der Waals surface area contributed by atoms with Crippen molar-refractivity contribution in [2.24, 2.45) is 17.8 Å². The van der Waals surface area contributed by atoms with Gasteiger partial charge in [0.1, 0.15) is 29.1 Å². The zero-order chi connectivity index (χ0) is 37.3. The smallest absolute Gasteiger partial charge is 0.340 e. The maximum Gasteiger partial charge on any atom is 0.340 e. The molecule has 3 aromatic rings. The summed E-state index contributed by atoms with van der Waals surface area (Å²) in [7, 11) is 1.59. The molecule has 13 heteroatoms. The SMILES string of the molecule is COCC1O[C@@H](C(=O)NCCNC(=O)c2ccc3c(c2)C(=O)OC32c3ccc(OC(=O)C(C)C)cc3Oc3cc(OC(=O)C(C)C)ccc32)C[C@H]1C. The first-order chi connectivity index (χ1) is 24.8. The number of hydrogen-bond donors (Lipinski definition) is 2. The molecule has 0 aromatic heterocycles. The van der Waals surface area contributed by atoms with E-state index < -0.39 is 35.5 Å². The average molecular weight is 715 g/mol. The van der Waals surface area contributed by atoms with E-state index in [1.54, 1.807) is 71.2 Å². The van der Waals surface area contributed by atoms with Crippen molar-refractivity contribution in [2.45, 2.75) is 58.8 Å². The van der Waals surface area contributed by atoms with Crippen molar-refractivity contribution in [3.05, 3.63) is 82.4 Å². The lowest BCUT2D eigenvalue weighted by atomic mass is 9.77. The summed E-state index contributed by atoms with van der Waals surface area (Å²) in [5.41, 5.74) is 0.273. The van der Waals surface area contributed by atoms with Gasteiger partial charge in [0.05, 0.1) is 30.1 Å². The Balaban J connectivity index is 1.25. The fourth-order valence-corrected chi connectivity index (χ4v) is 6.43. The van der Waals surface area contributed by atoms with E-state index in [2.05, 4.69) is 10.6 Å². The Hall–Kier alpha value is -5.27. The number of methoxy groups -OCH3 is 1. The van der Waals surface area contributed by atoms with E-state index in [9.17, 15) is 24.0 Å². The zero-order valence-electron chi connectivity index (χ0n) is 29.9. The van der Waals surface area contributed by atoms with Crippen LogP contribution in [0.1, 0.15) is 78.4 Å². The van der Waals surface area contributed by atoms with Crippen molar-refractivity contribution >= 4 is 29.7 Å². The van der Waals surface area contributed by atoms with Crippen molar-refractivity contribution < 1.29 is 52.4 Å². The van der Waals surface area contributed by atoms with E-state index in [-0.39, 0.29) is 77.0 Å². The number of amides is 2. The second kappa shape index (κ2) is 14.8. The molecule has 1 spiro atoms. The number of nitrogens with one attached hydrogen (secondary N) is 2. The van der Waals surface area contributed by atoms with Gasteiger partial charge in [-0.3, -0.25) is 19.2 Å². The Morgan fingerprint density at radius 1 is 0.827 bits per heavy atom. The first kappa shape index (κ1) is 36.5. The molecule has 2 amide bonds. The molecule has 3 aliphatic rings. The lowest BCUT2D eigenvalue weighted by Crippen LogP contribution is -2.40. The van der Waals surface area contributed by atoms with Crippen LogP contribution in [0.2, 0.25) is 0 Å². The molecule has 1 fully saturated rings. The molecule has 274 valence electrons. The molecule has 0 radical (unpaired) electrons. The third-order valence-corrected chi connectivity index (χ3v) is 9.28. The molecule has 0 bridgehead atoms. The van der Waals surface area contributed by atoms with Gasteiger partial charge in [0, 0.05) is 54.6 Å². The van der Waals surface area contributed by atoms with Crippen molar-refractivity contribution in [2.75, 3.05) is 26.8 Å². The molecule has 1 unspecified atom stereocenters. The molecular formula is C39H42N2O11. The Labute approximate surface area is 301 Å². The largest absolute Gasteiger partial charge is 0.456 e. The molecule has 52 heavy (non-hydrogen) atoms. The van der Waals surface area contributed by atoms with Gasteiger partial charge in [-0.1, -0.05) is 40.7 Å². The summed E-state index contributed by atoms with van der Waals surface area (Å²) in [6, 6.07) is 14.3. The minimum Gasteiger partial charge on any atom is -0.456 e. The van der Waals surface area contributed by atoms with E-state index in [0.717, 1.165) is 0 Å². The first-order valence-electron chi connectivity index (χ1n) is 17.3. The molecule has 0 aliphatic carbocycles. The minimum atomic E-state index is -1.50. The van der Waals surface area contributed by atoms with Gasteiger partial charge < -0.3 is 39.1 Å². The summed E-state index contributed by atoms with van der Waals surface area (Å²) in [4.78, 5) is 64.3. The number of ether oxygens (including phenoxy) is 6. The monoisotopic (exact) mass is 714 g/mol. The Morgan fingerprint density at radius 2 is 1.40 bits per heavy atom. The Morgan fingerprint density at radius 3 is 1.98 bits per heavy atom. The van der Waals surface area contributed by atoms with Crippen molar-refractivity contribution in [1.82, 2.24) is 10.6 Å². The van der Waals surface area contributed by atoms with Gasteiger partial charge in [0.25, 0.3) is 5.91 Å². The molecule has 13 nitrogen and oxygen atoms in total. The van der Waals surface area contributed by atoms with Gasteiger partial charge in [0.2, 0.25) is 5.91 Å². The second-order valence-corrected chi connectivity index (χ2v) is 13.8. The molecule has 3 aliphatic heterocycles. The molecule has 6 rings (SSSR count). The number of benzene rings is 3. The molecule has 2 N–H and O–H groups in total. The molecule has 1 saturated heterocycles. The highest BCUT2D eigenvalue weighted by Crippen LogP contribution is 2.57. The van der Waals surface area contributed by atoms with Gasteiger partial charge in [0.15, 0.2) is 5.60 Å². The van der Waals surface area contributed by atoms with Crippen LogP contribution in [0.3, 0.4) is 0 Å². The molecule has 3 aromatic carbocycles. The van der Waals surface area contributed by atoms with Crippen LogP contribution in [0.4, 0.5) is 0 Å². The van der Waals surface area contributed by atoms with Gasteiger partial charge >= 0.3 is 17.9 Å². The maximum atomic E-state index is 13.7. The van der Waals surface area contributed by atoms with E-state index >= 15 is 0 Å². The van der Waals surface area contributed by atoms with E-state index in [0.29, 0.717) is 29.7 Å². The van der Waals surface area contributed by atoms with Crippen LogP contribution in [0.15, 0.2) is 54.6 Å². The molecule has 3 heterocycles. The van der Waals surface area contributed by atoms with E-state index in [1.165, 1.54) is 18.2 Å². The van der Waals surface area contributed by atoms with E-state index in [1.807, 2.05) is 6.92 Å². The lowest BCUT2D eigenvalue weighted by molar-refractivity contribution is -0.138. The third kappa shape index (κ3) is 6.98. The lowest BCUT2D eigenvalue weighted by Gasteiger charge is -2.36. The van der Waals surface area contributed by atoms with Crippen LogP contribution in [-0.4, -0.2) is 68.7 Å². The maximum absolute atomic E-state index is 13.7. The van der Waals surface area contributed by atoms with Crippen LogP contribution < -0.4 is 24.8 Å². The van der Waals surface area contributed by atoms with Crippen LogP contribution in [0.5, 0.6) is 23.0 Å². The van der Waals surface area contributed by atoms with Gasteiger partial charge in [-0.05, 0) is 48.7 Å². The normalized spacial score (nSPS) is 19.3. The Kier molecular flexibility index (Phi) is 10.4.